The molecule has 1 N–H and O–H groups in total. The third kappa shape index (κ3) is 3.04. The van der Waals surface area contributed by atoms with Gasteiger partial charge in [0.15, 0.2) is 0 Å². The summed E-state index contributed by atoms with van der Waals surface area (Å²) in [5.41, 5.74) is 0.862. The Morgan fingerprint density at radius 2 is 1.92 bits per heavy atom. The van der Waals surface area contributed by atoms with Crippen LogP contribution in [0.2, 0.25) is 0 Å². The largest absolute Gasteiger partial charge is 0.392 e. The standard InChI is InChI=1S/C17H15FN2O3S/c18-14-3-1-2-13(8-14)17-9-15(21)11-20(17)24(22,23)16-6-4-12(10-19)5-7-16/h1-8,15,17,21H,9,11H2. The molecular weight excluding hydrogens is 331 g/mol. The molecule has 124 valence electrons. The molecule has 1 saturated heterocycles. The molecule has 0 aliphatic carbocycles. The van der Waals surface area contributed by atoms with E-state index in [-0.39, 0.29) is 17.9 Å². The van der Waals surface area contributed by atoms with Crippen molar-refractivity contribution in [2.24, 2.45) is 0 Å². The molecule has 1 fully saturated rings. The fraction of sp³-hybridized carbons (Fsp3) is 0.235. The number of sulfonamides is 1. The Labute approximate surface area is 139 Å². The summed E-state index contributed by atoms with van der Waals surface area (Å²) in [7, 11) is -3.87. The van der Waals surface area contributed by atoms with Gasteiger partial charge in [0.2, 0.25) is 10.0 Å². The normalized spacial score (nSPS) is 21.5. The maximum Gasteiger partial charge on any atom is 0.243 e. The molecule has 24 heavy (non-hydrogen) atoms. The minimum Gasteiger partial charge on any atom is -0.392 e. The van der Waals surface area contributed by atoms with Crippen LogP contribution >= 0.6 is 0 Å². The smallest absolute Gasteiger partial charge is 0.243 e. The van der Waals surface area contributed by atoms with Gasteiger partial charge in [-0.3, -0.25) is 0 Å². The topological polar surface area (TPSA) is 81.4 Å². The second-order valence-electron chi connectivity index (χ2n) is 5.67. The van der Waals surface area contributed by atoms with Gasteiger partial charge in [-0.15, -0.1) is 0 Å². The second-order valence-corrected chi connectivity index (χ2v) is 7.56. The van der Waals surface area contributed by atoms with Crippen LogP contribution in [0.25, 0.3) is 0 Å². The molecule has 2 aromatic rings. The van der Waals surface area contributed by atoms with E-state index in [1.54, 1.807) is 6.07 Å². The van der Waals surface area contributed by atoms with E-state index in [0.29, 0.717) is 11.1 Å². The van der Waals surface area contributed by atoms with Gasteiger partial charge in [0.05, 0.1) is 28.7 Å². The number of β-amino-alcohol motifs (C(OH)–C–C–N with tert-alkyl or cyclic N) is 1. The summed E-state index contributed by atoms with van der Waals surface area (Å²) in [4.78, 5) is 0.0389. The van der Waals surface area contributed by atoms with Crippen molar-refractivity contribution in [1.82, 2.24) is 4.31 Å². The zero-order chi connectivity index (χ0) is 17.3. The summed E-state index contributed by atoms with van der Waals surface area (Å²) in [5, 5.41) is 18.8. The Balaban J connectivity index is 1.99. The van der Waals surface area contributed by atoms with Crippen molar-refractivity contribution >= 4 is 10.0 Å². The Morgan fingerprint density at radius 3 is 2.54 bits per heavy atom. The minimum atomic E-state index is -3.87. The molecule has 1 aliphatic rings. The lowest BCUT2D eigenvalue weighted by molar-refractivity contribution is 0.188. The number of aliphatic hydroxyl groups is 1. The maximum atomic E-state index is 13.5. The molecule has 0 aromatic heterocycles. The van der Waals surface area contributed by atoms with E-state index in [1.165, 1.54) is 46.8 Å². The van der Waals surface area contributed by atoms with Gasteiger partial charge in [0, 0.05) is 6.54 Å². The van der Waals surface area contributed by atoms with E-state index in [4.69, 9.17) is 5.26 Å². The molecule has 0 bridgehead atoms. The van der Waals surface area contributed by atoms with Crippen LogP contribution in [-0.2, 0) is 10.0 Å². The maximum absolute atomic E-state index is 13.5. The van der Waals surface area contributed by atoms with Gasteiger partial charge >= 0.3 is 0 Å². The van der Waals surface area contributed by atoms with Gasteiger partial charge in [-0.25, -0.2) is 12.8 Å². The summed E-state index contributed by atoms with van der Waals surface area (Å²) in [6.45, 7) is -0.0521. The van der Waals surface area contributed by atoms with Crippen LogP contribution in [0.15, 0.2) is 53.4 Å². The first-order valence-electron chi connectivity index (χ1n) is 7.37. The number of benzene rings is 2. The summed E-state index contributed by atoms with van der Waals surface area (Å²) < 4.78 is 40.4. The quantitative estimate of drug-likeness (QED) is 0.924. The van der Waals surface area contributed by atoms with Crippen LogP contribution in [0, 0.1) is 17.1 Å². The lowest BCUT2D eigenvalue weighted by Crippen LogP contribution is -2.31. The first-order chi connectivity index (χ1) is 11.4. The number of halogens is 1. The molecule has 0 saturated carbocycles. The van der Waals surface area contributed by atoms with Gasteiger partial charge in [-0.05, 0) is 48.4 Å². The molecule has 5 nitrogen and oxygen atoms in total. The number of nitrogens with zero attached hydrogens (tertiary/aromatic N) is 2. The Kier molecular flexibility index (Phi) is 4.37. The minimum absolute atomic E-state index is 0.0389. The van der Waals surface area contributed by atoms with E-state index in [9.17, 15) is 17.9 Å². The Bertz CT molecular complexity index is 891. The van der Waals surface area contributed by atoms with Crippen molar-refractivity contribution in [2.45, 2.75) is 23.5 Å². The van der Waals surface area contributed by atoms with E-state index >= 15 is 0 Å². The summed E-state index contributed by atoms with van der Waals surface area (Å²) >= 11 is 0. The first-order valence-corrected chi connectivity index (χ1v) is 8.81. The van der Waals surface area contributed by atoms with E-state index in [2.05, 4.69) is 0 Å². The predicted octanol–water partition coefficient (Wildman–Crippen LogP) is 2.19. The van der Waals surface area contributed by atoms with Gasteiger partial charge in [0.1, 0.15) is 5.82 Å². The zero-order valence-corrected chi connectivity index (χ0v) is 13.4. The Morgan fingerprint density at radius 1 is 1.21 bits per heavy atom. The van der Waals surface area contributed by atoms with Crippen molar-refractivity contribution in [1.29, 1.82) is 5.26 Å². The summed E-state index contributed by atoms with van der Waals surface area (Å²) in [5.74, 6) is -0.454. The molecule has 2 aromatic carbocycles. The van der Waals surface area contributed by atoms with Crippen molar-refractivity contribution < 1.29 is 17.9 Å². The highest BCUT2D eigenvalue weighted by Crippen LogP contribution is 2.36. The lowest BCUT2D eigenvalue weighted by atomic mass is 10.0. The van der Waals surface area contributed by atoms with E-state index in [1.807, 2.05) is 6.07 Å². The highest BCUT2D eigenvalue weighted by Gasteiger charge is 2.40. The number of hydrogen-bond acceptors (Lipinski definition) is 4. The van der Waals surface area contributed by atoms with E-state index < -0.39 is 28.0 Å². The van der Waals surface area contributed by atoms with Crippen LogP contribution in [-0.4, -0.2) is 30.5 Å². The monoisotopic (exact) mass is 346 g/mol. The molecule has 1 aliphatic heterocycles. The van der Waals surface area contributed by atoms with Crippen molar-refractivity contribution in [3.05, 3.63) is 65.5 Å². The van der Waals surface area contributed by atoms with Crippen molar-refractivity contribution in [3.63, 3.8) is 0 Å². The average Bonchev–Trinajstić information content (AvgIpc) is 2.98. The lowest BCUT2D eigenvalue weighted by Gasteiger charge is -2.24. The highest BCUT2D eigenvalue weighted by molar-refractivity contribution is 7.89. The number of rotatable bonds is 3. The number of aliphatic hydroxyl groups excluding tert-OH is 1. The highest BCUT2D eigenvalue weighted by atomic mass is 32.2. The van der Waals surface area contributed by atoms with Crippen molar-refractivity contribution in [2.75, 3.05) is 6.54 Å². The van der Waals surface area contributed by atoms with Gasteiger partial charge in [0.25, 0.3) is 0 Å². The number of nitriles is 1. The molecule has 0 spiro atoms. The first kappa shape index (κ1) is 16.6. The SMILES string of the molecule is N#Cc1ccc(S(=O)(=O)N2CC(O)CC2c2cccc(F)c2)cc1. The molecule has 0 amide bonds. The molecule has 3 rings (SSSR count). The molecule has 7 heteroatoms. The van der Waals surface area contributed by atoms with Crippen LogP contribution < -0.4 is 0 Å². The van der Waals surface area contributed by atoms with Gasteiger partial charge in [-0.2, -0.15) is 9.57 Å². The van der Waals surface area contributed by atoms with Crippen molar-refractivity contribution in [3.8, 4) is 6.07 Å². The van der Waals surface area contributed by atoms with Crippen LogP contribution in [0.3, 0.4) is 0 Å². The van der Waals surface area contributed by atoms with Gasteiger partial charge < -0.3 is 5.11 Å². The average molecular weight is 346 g/mol. The fourth-order valence-electron chi connectivity index (χ4n) is 2.90. The summed E-state index contributed by atoms with van der Waals surface area (Å²) in [6.07, 6.45) is -0.606. The molecule has 1 heterocycles. The molecule has 2 unspecified atom stereocenters. The van der Waals surface area contributed by atoms with E-state index in [0.717, 1.165) is 0 Å². The third-order valence-corrected chi connectivity index (χ3v) is 5.95. The van der Waals surface area contributed by atoms with Crippen LogP contribution in [0.1, 0.15) is 23.6 Å². The Hall–Kier alpha value is -2.27. The summed E-state index contributed by atoms with van der Waals surface area (Å²) in [6, 6.07) is 12.6. The van der Waals surface area contributed by atoms with Gasteiger partial charge in [-0.1, -0.05) is 12.1 Å². The van der Waals surface area contributed by atoms with Crippen LogP contribution in [0.4, 0.5) is 4.39 Å². The second kappa shape index (κ2) is 6.32. The predicted molar refractivity (Wildman–Crippen MR) is 84.8 cm³/mol. The number of hydrogen-bond donors (Lipinski definition) is 1. The molecule has 0 radical (unpaired) electrons. The van der Waals surface area contributed by atoms with Crippen LogP contribution in [0.5, 0.6) is 0 Å². The zero-order valence-electron chi connectivity index (χ0n) is 12.6. The molecular formula is C17H15FN2O3S. The third-order valence-electron chi connectivity index (χ3n) is 4.06. The molecule has 2 atom stereocenters. The fourth-order valence-corrected chi connectivity index (χ4v) is 4.57.